The van der Waals surface area contributed by atoms with Gasteiger partial charge in [-0.3, -0.25) is 0 Å². The lowest BCUT2D eigenvalue weighted by Gasteiger charge is -2.27. The molecule has 2 nitrogen and oxygen atoms in total. The summed E-state index contributed by atoms with van der Waals surface area (Å²) in [6.45, 7) is 2.24. The van der Waals surface area contributed by atoms with Crippen LogP contribution in [0.4, 0.5) is 13.2 Å². The molecule has 1 saturated carbocycles. The Balaban J connectivity index is 1.57. The summed E-state index contributed by atoms with van der Waals surface area (Å²) in [4.78, 5) is 12.1. The smallest absolute Gasteiger partial charge is 0.346 e. The van der Waals surface area contributed by atoms with Crippen molar-refractivity contribution in [1.82, 2.24) is 0 Å². The van der Waals surface area contributed by atoms with Crippen molar-refractivity contribution in [1.29, 1.82) is 0 Å². The lowest BCUT2D eigenvalue weighted by Crippen LogP contribution is -2.15. The monoisotopic (exact) mass is 390 g/mol. The average Bonchev–Trinajstić information content (AvgIpc) is 2.69. The molecule has 0 saturated heterocycles. The second-order valence-electron chi connectivity index (χ2n) is 7.61. The highest BCUT2D eigenvalue weighted by Crippen LogP contribution is 2.33. The fourth-order valence-corrected chi connectivity index (χ4v) is 3.88. The van der Waals surface area contributed by atoms with Gasteiger partial charge in [-0.15, -0.1) is 0 Å². The van der Waals surface area contributed by atoms with Gasteiger partial charge in [-0.1, -0.05) is 45.1 Å². The quantitative estimate of drug-likeness (QED) is 0.417. The number of hydrogen-bond acceptors (Lipinski definition) is 2. The van der Waals surface area contributed by atoms with Crippen LogP contribution in [0.3, 0.4) is 0 Å². The molecule has 0 unspecified atom stereocenters. The standard InChI is InChI=1S/C23H25F3O2/c1-2-15-3-5-16(6-4-15)7-8-17-9-11-19(21(25)13-17)23(27)28-18-10-12-20(24)22(26)14-18/h9-16H,2-8H2,1H3. The Kier molecular flexibility index (Phi) is 6.76. The van der Waals surface area contributed by atoms with Crippen LogP contribution < -0.4 is 4.74 Å². The van der Waals surface area contributed by atoms with Crippen molar-refractivity contribution in [3.63, 3.8) is 0 Å². The summed E-state index contributed by atoms with van der Waals surface area (Å²) in [5, 5.41) is 0. The van der Waals surface area contributed by atoms with E-state index in [1.165, 1.54) is 44.2 Å². The van der Waals surface area contributed by atoms with Crippen molar-refractivity contribution >= 4 is 5.97 Å². The van der Waals surface area contributed by atoms with Crippen molar-refractivity contribution in [2.24, 2.45) is 11.8 Å². The van der Waals surface area contributed by atoms with E-state index in [9.17, 15) is 18.0 Å². The molecule has 0 atom stereocenters. The first kappa shape index (κ1) is 20.4. The van der Waals surface area contributed by atoms with Crippen LogP contribution in [0, 0.1) is 29.3 Å². The van der Waals surface area contributed by atoms with Gasteiger partial charge in [0.25, 0.3) is 0 Å². The van der Waals surface area contributed by atoms with Crippen LogP contribution in [0.25, 0.3) is 0 Å². The molecule has 3 rings (SSSR count). The molecule has 2 aromatic carbocycles. The summed E-state index contributed by atoms with van der Waals surface area (Å²) < 4.78 is 45.5. The summed E-state index contributed by atoms with van der Waals surface area (Å²) >= 11 is 0. The first-order valence-corrected chi connectivity index (χ1v) is 9.92. The van der Waals surface area contributed by atoms with E-state index < -0.39 is 23.4 Å². The largest absolute Gasteiger partial charge is 0.423 e. The highest BCUT2D eigenvalue weighted by Gasteiger charge is 2.20. The molecular weight excluding hydrogens is 365 g/mol. The summed E-state index contributed by atoms with van der Waals surface area (Å²) in [7, 11) is 0. The number of benzene rings is 2. The number of carbonyl (C=O) groups excluding carboxylic acids is 1. The molecule has 1 aliphatic carbocycles. The number of aryl methyl sites for hydroxylation is 1. The van der Waals surface area contributed by atoms with Crippen LogP contribution in [0.5, 0.6) is 5.75 Å². The first-order valence-electron chi connectivity index (χ1n) is 9.92. The molecule has 0 N–H and O–H groups in total. The highest BCUT2D eigenvalue weighted by atomic mass is 19.2. The molecule has 0 bridgehead atoms. The van der Waals surface area contributed by atoms with E-state index in [-0.39, 0.29) is 11.3 Å². The van der Waals surface area contributed by atoms with E-state index in [1.54, 1.807) is 6.07 Å². The highest BCUT2D eigenvalue weighted by molar-refractivity contribution is 5.91. The second-order valence-corrected chi connectivity index (χ2v) is 7.61. The Labute approximate surface area is 163 Å². The first-order chi connectivity index (χ1) is 13.5. The third-order valence-electron chi connectivity index (χ3n) is 5.74. The van der Waals surface area contributed by atoms with Gasteiger partial charge in [0, 0.05) is 6.07 Å². The predicted molar refractivity (Wildman–Crippen MR) is 102 cm³/mol. The summed E-state index contributed by atoms with van der Waals surface area (Å²) in [6, 6.07) is 7.21. The van der Waals surface area contributed by atoms with Crippen LogP contribution in [-0.2, 0) is 6.42 Å². The lowest BCUT2D eigenvalue weighted by molar-refractivity contribution is 0.0729. The average molecular weight is 390 g/mol. The molecule has 0 amide bonds. The van der Waals surface area contributed by atoms with Gasteiger partial charge in [0.05, 0.1) is 5.56 Å². The molecule has 0 spiro atoms. The molecule has 150 valence electrons. The summed E-state index contributed by atoms with van der Waals surface area (Å²) in [5.41, 5.74) is 0.622. The third kappa shape index (κ3) is 5.15. The fraction of sp³-hybridized carbons (Fsp3) is 0.435. The minimum Gasteiger partial charge on any atom is -0.423 e. The van der Waals surface area contributed by atoms with E-state index >= 15 is 0 Å². The van der Waals surface area contributed by atoms with Crippen LogP contribution in [0.2, 0.25) is 0 Å². The van der Waals surface area contributed by atoms with Crippen molar-refractivity contribution < 1.29 is 22.7 Å². The zero-order valence-corrected chi connectivity index (χ0v) is 16.0. The van der Waals surface area contributed by atoms with Crippen molar-refractivity contribution in [3.05, 3.63) is 65.0 Å². The van der Waals surface area contributed by atoms with Gasteiger partial charge in [-0.2, -0.15) is 0 Å². The molecule has 1 fully saturated rings. The SMILES string of the molecule is CCC1CCC(CCc2ccc(C(=O)Oc3ccc(F)c(F)c3)c(F)c2)CC1. The summed E-state index contributed by atoms with van der Waals surface area (Å²) in [6.07, 6.45) is 8.08. The minimum absolute atomic E-state index is 0.171. The van der Waals surface area contributed by atoms with Gasteiger partial charge in [0.15, 0.2) is 11.6 Å². The maximum atomic E-state index is 14.4. The maximum absolute atomic E-state index is 14.4. The fourth-order valence-electron chi connectivity index (χ4n) is 3.88. The number of carbonyl (C=O) groups is 1. The summed E-state index contributed by atoms with van der Waals surface area (Å²) in [5.74, 6) is -2.41. The number of esters is 1. The van der Waals surface area contributed by atoms with Crippen LogP contribution in [-0.4, -0.2) is 5.97 Å². The number of ether oxygens (including phenoxy) is 1. The Morgan fingerprint density at radius 1 is 0.929 bits per heavy atom. The Hall–Kier alpha value is -2.30. The molecule has 2 aromatic rings. The molecule has 0 aliphatic heterocycles. The minimum atomic E-state index is -1.13. The van der Waals surface area contributed by atoms with E-state index in [2.05, 4.69) is 6.92 Å². The zero-order chi connectivity index (χ0) is 20.1. The molecule has 1 aliphatic rings. The van der Waals surface area contributed by atoms with Crippen molar-refractivity contribution in [3.8, 4) is 5.75 Å². The third-order valence-corrected chi connectivity index (χ3v) is 5.74. The van der Waals surface area contributed by atoms with Crippen LogP contribution in [0.15, 0.2) is 36.4 Å². The number of hydrogen-bond donors (Lipinski definition) is 0. The molecule has 28 heavy (non-hydrogen) atoms. The number of halogens is 3. The lowest BCUT2D eigenvalue weighted by atomic mass is 9.78. The van der Waals surface area contributed by atoms with Gasteiger partial charge in [-0.05, 0) is 54.5 Å². The maximum Gasteiger partial charge on any atom is 0.346 e. The van der Waals surface area contributed by atoms with Gasteiger partial charge in [0.2, 0.25) is 0 Å². The number of rotatable bonds is 6. The normalized spacial score (nSPS) is 19.4. The topological polar surface area (TPSA) is 26.3 Å². The van der Waals surface area contributed by atoms with Crippen molar-refractivity contribution in [2.75, 3.05) is 0 Å². The molecule has 0 heterocycles. The molecule has 0 aromatic heterocycles. The Bertz CT molecular complexity index is 827. The molecule has 0 radical (unpaired) electrons. The molecular formula is C23H25F3O2. The van der Waals surface area contributed by atoms with Gasteiger partial charge < -0.3 is 4.74 Å². The second kappa shape index (κ2) is 9.26. The predicted octanol–water partition coefficient (Wildman–Crippen LogP) is 6.47. The zero-order valence-electron chi connectivity index (χ0n) is 16.0. The van der Waals surface area contributed by atoms with E-state index in [4.69, 9.17) is 4.74 Å². The van der Waals surface area contributed by atoms with E-state index in [1.807, 2.05) is 0 Å². The molecule has 5 heteroatoms. The van der Waals surface area contributed by atoms with Crippen LogP contribution in [0.1, 0.15) is 61.4 Å². The van der Waals surface area contributed by atoms with Gasteiger partial charge in [0.1, 0.15) is 11.6 Å². The van der Waals surface area contributed by atoms with E-state index in [0.29, 0.717) is 5.92 Å². The van der Waals surface area contributed by atoms with E-state index in [0.717, 1.165) is 42.5 Å². The Morgan fingerprint density at radius 2 is 1.64 bits per heavy atom. The Morgan fingerprint density at radius 3 is 2.29 bits per heavy atom. The van der Waals surface area contributed by atoms with Gasteiger partial charge in [-0.25, -0.2) is 18.0 Å². The van der Waals surface area contributed by atoms with Gasteiger partial charge >= 0.3 is 5.97 Å². The van der Waals surface area contributed by atoms with Crippen LogP contribution >= 0.6 is 0 Å². The van der Waals surface area contributed by atoms with Crippen molar-refractivity contribution in [2.45, 2.75) is 51.9 Å².